The summed E-state index contributed by atoms with van der Waals surface area (Å²) >= 11 is 0. The van der Waals surface area contributed by atoms with E-state index < -0.39 is 10.0 Å². The van der Waals surface area contributed by atoms with Gasteiger partial charge >= 0.3 is 0 Å². The monoisotopic (exact) mass is 309 g/mol. The van der Waals surface area contributed by atoms with Crippen LogP contribution in [0.2, 0.25) is 0 Å². The second-order valence-electron chi connectivity index (χ2n) is 4.89. The zero-order valence-corrected chi connectivity index (χ0v) is 13.4. The van der Waals surface area contributed by atoms with Crippen molar-refractivity contribution in [3.63, 3.8) is 0 Å². The molecule has 0 amide bonds. The second kappa shape index (κ2) is 5.91. The summed E-state index contributed by atoms with van der Waals surface area (Å²) in [5, 5.41) is 0. The first-order valence-electron chi connectivity index (χ1n) is 6.53. The fraction of sp³-hybridized carbons (Fsp3) is 0.333. The van der Waals surface area contributed by atoms with E-state index in [2.05, 4.69) is 4.72 Å². The SMILES string of the molecule is COc1ccc(S(=O)(=O)NCc2cc(C)oc2C)cc1C. The first-order chi connectivity index (χ1) is 9.83. The predicted molar refractivity (Wildman–Crippen MR) is 79.9 cm³/mol. The average Bonchev–Trinajstić information content (AvgIpc) is 2.74. The maximum atomic E-state index is 12.3. The molecule has 0 aliphatic rings. The number of ether oxygens (including phenoxy) is 1. The Morgan fingerprint density at radius 3 is 2.43 bits per heavy atom. The van der Waals surface area contributed by atoms with E-state index in [0.29, 0.717) is 5.75 Å². The fourth-order valence-corrected chi connectivity index (χ4v) is 3.22. The van der Waals surface area contributed by atoms with Gasteiger partial charge in [0.05, 0.1) is 12.0 Å². The standard InChI is InChI=1S/C15H19NO4S/c1-10-7-14(5-6-15(10)19-4)21(17,18)16-9-13-8-11(2)20-12(13)3/h5-8,16H,9H2,1-4H3. The number of aryl methyl sites for hydroxylation is 3. The number of nitrogens with one attached hydrogen (secondary N) is 1. The number of hydrogen-bond acceptors (Lipinski definition) is 4. The molecule has 0 saturated heterocycles. The molecule has 0 radical (unpaired) electrons. The van der Waals surface area contributed by atoms with Crippen LogP contribution in [0.25, 0.3) is 0 Å². The van der Waals surface area contributed by atoms with Crippen LogP contribution in [-0.4, -0.2) is 15.5 Å². The summed E-state index contributed by atoms with van der Waals surface area (Å²) in [5.74, 6) is 2.15. The van der Waals surface area contributed by atoms with Crippen molar-refractivity contribution in [3.05, 3.63) is 46.9 Å². The molecule has 114 valence electrons. The molecule has 2 aromatic rings. The Kier molecular flexibility index (Phi) is 4.39. The predicted octanol–water partition coefficient (Wildman–Crippen LogP) is 2.69. The van der Waals surface area contributed by atoms with Crippen LogP contribution in [0.1, 0.15) is 22.6 Å². The Morgan fingerprint density at radius 1 is 1.19 bits per heavy atom. The van der Waals surface area contributed by atoms with Crippen molar-refractivity contribution >= 4 is 10.0 Å². The Bertz CT molecular complexity index is 747. The van der Waals surface area contributed by atoms with E-state index >= 15 is 0 Å². The van der Waals surface area contributed by atoms with Crippen LogP contribution in [0.15, 0.2) is 33.6 Å². The van der Waals surface area contributed by atoms with E-state index in [4.69, 9.17) is 9.15 Å². The van der Waals surface area contributed by atoms with Gasteiger partial charge in [-0.2, -0.15) is 0 Å². The molecule has 0 aliphatic carbocycles. The van der Waals surface area contributed by atoms with Crippen LogP contribution >= 0.6 is 0 Å². The van der Waals surface area contributed by atoms with Gasteiger partial charge in [0.1, 0.15) is 17.3 Å². The van der Waals surface area contributed by atoms with Crippen LogP contribution in [-0.2, 0) is 16.6 Å². The van der Waals surface area contributed by atoms with Crippen molar-refractivity contribution in [1.29, 1.82) is 0 Å². The lowest BCUT2D eigenvalue weighted by Crippen LogP contribution is -2.23. The van der Waals surface area contributed by atoms with E-state index in [9.17, 15) is 8.42 Å². The highest BCUT2D eigenvalue weighted by molar-refractivity contribution is 7.89. The third-order valence-corrected chi connectivity index (χ3v) is 4.67. The molecule has 1 N–H and O–H groups in total. The minimum Gasteiger partial charge on any atom is -0.496 e. The maximum absolute atomic E-state index is 12.3. The number of furan rings is 1. The summed E-state index contributed by atoms with van der Waals surface area (Å²) in [5.41, 5.74) is 1.61. The molecular formula is C15H19NO4S. The van der Waals surface area contributed by atoms with Crippen molar-refractivity contribution < 1.29 is 17.6 Å². The Balaban J connectivity index is 2.18. The third kappa shape index (κ3) is 3.46. The third-order valence-electron chi connectivity index (χ3n) is 3.27. The van der Waals surface area contributed by atoms with Gasteiger partial charge in [-0.3, -0.25) is 0 Å². The highest BCUT2D eigenvalue weighted by Gasteiger charge is 2.16. The number of methoxy groups -OCH3 is 1. The number of benzene rings is 1. The lowest BCUT2D eigenvalue weighted by atomic mass is 10.2. The Labute approximate surface area is 125 Å². The van der Waals surface area contributed by atoms with Gasteiger partial charge in [0.2, 0.25) is 10.0 Å². The smallest absolute Gasteiger partial charge is 0.240 e. The zero-order valence-electron chi connectivity index (χ0n) is 12.6. The molecule has 0 spiro atoms. The quantitative estimate of drug-likeness (QED) is 0.922. The fourth-order valence-electron chi connectivity index (χ4n) is 2.13. The van der Waals surface area contributed by atoms with Gasteiger partial charge in [-0.05, 0) is 50.6 Å². The van der Waals surface area contributed by atoms with Gasteiger partial charge in [-0.15, -0.1) is 0 Å². The van der Waals surface area contributed by atoms with Crippen LogP contribution in [0.3, 0.4) is 0 Å². The molecule has 1 aromatic heterocycles. The van der Waals surface area contributed by atoms with Crippen LogP contribution in [0.4, 0.5) is 0 Å². The first-order valence-corrected chi connectivity index (χ1v) is 8.02. The summed E-state index contributed by atoms with van der Waals surface area (Å²) < 4.78 is 37.7. The van der Waals surface area contributed by atoms with Crippen molar-refractivity contribution in [2.75, 3.05) is 7.11 Å². The largest absolute Gasteiger partial charge is 0.496 e. The summed E-state index contributed by atoms with van der Waals surface area (Å²) in [6.45, 7) is 5.66. The molecular weight excluding hydrogens is 290 g/mol. The molecule has 1 aromatic carbocycles. The molecule has 1 heterocycles. The van der Waals surface area contributed by atoms with Crippen molar-refractivity contribution in [2.24, 2.45) is 0 Å². The van der Waals surface area contributed by atoms with Crippen molar-refractivity contribution in [2.45, 2.75) is 32.2 Å². The Hall–Kier alpha value is -1.79. The minimum absolute atomic E-state index is 0.205. The van der Waals surface area contributed by atoms with Crippen LogP contribution in [0.5, 0.6) is 5.75 Å². The van der Waals surface area contributed by atoms with Crippen LogP contribution < -0.4 is 9.46 Å². The van der Waals surface area contributed by atoms with E-state index in [1.807, 2.05) is 19.9 Å². The molecule has 0 saturated carbocycles. The molecule has 2 rings (SSSR count). The van der Waals surface area contributed by atoms with Gasteiger partial charge < -0.3 is 9.15 Å². The van der Waals surface area contributed by atoms with E-state index in [1.54, 1.807) is 26.2 Å². The molecule has 21 heavy (non-hydrogen) atoms. The van der Waals surface area contributed by atoms with Gasteiger partial charge in [0.25, 0.3) is 0 Å². The van der Waals surface area contributed by atoms with Crippen molar-refractivity contribution in [1.82, 2.24) is 4.72 Å². The van der Waals surface area contributed by atoms with E-state index in [-0.39, 0.29) is 11.4 Å². The first kappa shape index (κ1) is 15.6. The van der Waals surface area contributed by atoms with Gasteiger partial charge in [0.15, 0.2) is 0 Å². The highest BCUT2D eigenvalue weighted by Crippen LogP contribution is 2.21. The summed E-state index contributed by atoms with van der Waals surface area (Å²) in [4.78, 5) is 0.221. The number of sulfonamides is 1. The van der Waals surface area contributed by atoms with Crippen LogP contribution in [0, 0.1) is 20.8 Å². The normalized spacial score (nSPS) is 11.6. The molecule has 0 aliphatic heterocycles. The molecule has 6 heteroatoms. The summed E-state index contributed by atoms with van der Waals surface area (Å²) in [6.07, 6.45) is 0. The van der Waals surface area contributed by atoms with Gasteiger partial charge in [-0.25, -0.2) is 13.1 Å². The lowest BCUT2D eigenvalue weighted by molar-refractivity contribution is 0.411. The Morgan fingerprint density at radius 2 is 1.90 bits per heavy atom. The van der Waals surface area contributed by atoms with E-state index in [1.165, 1.54) is 6.07 Å². The van der Waals surface area contributed by atoms with Gasteiger partial charge in [0, 0.05) is 12.1 Å². The number of rotatable bonds is 5. The molecule has 0 atom stereocenters. The second-order valence-corrected chi connectivity index (χ2v) is 6.66. The zero-order chi connectivity index (χ0) is 15.6. The van der Waals surface area contributed by atoms with Gasteiger partial charge in [-0.1, -0.05) is 0 Å². The summed E-state index contributed by atoms with van der Waals surface area (Å²) in [7, 11) is -2.01. The van der Waals surface area contributed by atoms with Crippen molar-refractivity contribution in [3.8, 4) is 5.75 Å². The molecule has 5 nitrogen and oxygen atoms in total. The average molecular weight is 309 g/mol. The minimum atomic E-state index is -3.56. The molecule has 0 unspecified atom stereocenters. The highest BCUT2D eigenvalue weighted by atomic mass is 32.2. The summed E-state index contributed by atoms with van der Waals surface area (Å²) in [6, 6.07) is 6.60. The molecule has 0 fully saturated rings. The molecule has 0 bridgehead atoms. The maximum Gasteiger partial charge on any atom is 0.240 e. The van der Waals surface area contributed by atoms with E-state index in [0.717, 1.165) is 22.6 Å². The number of hydrogen-bond donors (Lipinski definition) is 1. The lowest BCUT2D eigenvalue weighted by Gasteiger charge is -2.09. The topological polar surface area (TPSA) is 68.5 Å².